The zero-order chi connectivity index (χ0) is 17.2. The van der Waals surface area contributed by atoms with E-state index in [2.05, 4.69) is 10.3 Å². The van der Waals surface area contributed by atoms with E-state index in [1.807, 2.05) is 0 Å². The second kappa shape index (κ2) is 6.21. The van der Waals surface area contributed by atoms with Crippen molar-refractivity contribution in [3.63, 3.8) is 0 Å². The van der Waals surface area contributed by atoms with Crippen molar-refractivity contribution in [2.24, 2.45) is 0 Å². The number of carbonyl (C=O) groups is 1. The molecule has 120 valence electrons. The number of rotatable bonds is 3. The summed E-state index contributed by atoms with van der Waals surface area (Å²) in [6.45, 7) is 0. The summed E-state index contributed by atoms with van der Waals surface area (Å²) in [5.74, 6) is -0.908. The third-order valence-electron chi connectivity index (χ3n) is 2.74. The van der Waals surface area contributed by atoms with E-state index in [4.69, 9.17) is 11.6 Å². The van der Waals surface area contributed by atoms with Gasteiger partial charge in [0.2, 0.25) is 0 Å². The third kappa shape index (κ3) is 3.95. The topological polar surface area (TPSA) is 85.1 Å². The van der Waals surface area contributed by atoms with E-state index in [-0.39, 0.29) is 5.82 Å². The number of amides is 1. The SMILES string of the molecule is O=C(Nc1ccc(Cl)cn1)c1ccc(C(F)(F)F)cc1[N+](=O)[O-]. The monoisotopic (exact) mass is 345 g/mol. The van der Waals surface area contributed by atoms with E-state index < -0.39 is 33.8 Å². The van der Waals surface area contributed by atoms with Crippen LogP contribution in [0.4, 0.5) is 24.7 Å². The first-order chi connectivity index (χ1) is 10.7. The number of nitro groups is 1. The molecule has 1 aromatic heterocycles. The average molecular weight is 346 g/mol. The molecule has 0 unspecified atom stereocenters. The van der Waals surface area contributed by atoms with Crippen molar-refractivity contribution in [3.8, 4) is 0 Å². The molecule has 1 N–H and O–H groups in total. The number of nitro benzene ring substituents is 1. The van der Waals surface area contributed by atoms with Gasteiger partial charge in [-0.3, -0.25) is 14.9 Å². The number of pyridine rings is 1. The lowest BCUT2D eigenvalue weighted by molar-refractivity contribution is -0.385. The molecule has 2 aromatic rings. The summed E-state index contributed by atoms with van der Waals surface area (Å²) in [6, 6.07) is 4.41. The van der Waals surface area contributed by atoms with Gasteiger partial charge in [-0.2, -0.15) is 13.2 Å². The van der Waals surface area contributed by atoms with Gasteiger partial charge in [-0.05, 0) is 24.3 Å². The van der Waals surface area contributed by atoms with E-state index in [0.29, 0.717) is 17.2 Å². The number of alkyl halides is 3. The summed E-state index contributed by atoms with van der Waals surface area (Å²) in [7, 11) is 0. The van der Waals surface area contributed by atoms with Crippen LogP contribution < -0.4 is 5.32 Å². The standard InChI is InChI=1S/C13H7ClF3N3O3/c14-8-2-4-11(18-6-8)19-12(21)9-3-1-7(13(15,16)17)5-10(9)20(22)23/h1-6H,(H,18,19,21). The number of hydrogen-bond acceptors (Lipinski definition) is 4. The molecule has 0 radical (unpaired) electrons. The maximum absolute atomic E-state index is 12.6. The van der Waals surface area contributed by atoms with Crippen molar-refractivity contribution in [2.45, 2.75) is 6.18 Å². The number of nitrogens with zero attached hydrogens (tertiary/aromatic N) is 2. The molecule has 1 aromatic carbocycles. The van der Waals surface area contributed by atoms with E-state index in [1.54, 1.807) is 0 Å². The van der Waals surface area contributed by atoms with Crippen LogP contribution in [-0.4, -0.2) is 15.8 Å². The number of hydrogen-bond donors (Lipinski definition) is 1. The Hall–Kier alpha value is -2.68. The predicted octanol–water partition coefficient (Wildman–Crippen LogP) is 3.91. The minimum absolute atomic E-state index is 0.0496. The molecule has 0 spiro atoms. The van der Waals surface area contributed by atoms with Crippen LogP contribution in [-0.2, 0) is 6.18 Å². The number of nitrogens with one attached hydrogen (secondary N) is 1. The molecule has 0 atom stereocenters. The largest absolute Gasteiger partial charge is 0.416 e. The highest BCUT2D eigenvalue weighted by atomic mass is 35.5. The lowest BCUT2D eigenvalue weighted by atomic mass is 10.1. The van der Waals surface area contributed by atoms with Gasteiger partial charge in [0.1, 0.15) is 11.4 Å². The third-order valence-corrected chi connectivity index (χ3v) is 2.96. The Morgan fingerprint density at radius 2 is 1.96 bits per heavy atom. The van der Waals surface area contributed by atoms with Crippen molar-refractivity contribution >= 4 is 29.0 Å². The van der Waals surface area contributed by atoms with E-state index in [9.17, 15) is 28.1 Å². The molecule has 23 heavy (non-hydrogen) atoms. The summed E-state index contributed by atoms with van der Waals surface area (Å²) < 4.78 is 37.8. The van der Waals surface area contributed by atoms with Crippen molar-refractivity contribution in [1.82, 2.24) is 4.98 Å². The van der Waals surface area contributed by atoms with Crippen LogP contribution in [0.15, 0.2) is 36.5 Å². The highest BCUT2D eigenvalue weighted by molar-refractivity contribution is 6.30. The first kappa shape index (κ1) is 16.7. The molecule has 2 rings (SSSR count). The normalized spacial score (nSPS) is 11.1. The van der Waals surface area contributed by atoms with Crippen LogP contribution >= 0.6 is 11.6 Å². The highest BCUT2D eigenvalue weighted by Gasteiger charge is 2.34. The molecule has 0 saturated carbocycles. The quantitative estimate of drug-likeness (QED) is 0.675. The zero-order valence-corrected chi connectivity index (χ0v) is 11.9. The highest BCUT2D eigenvalue weighted by Crippen LogP contribution is 2.33. The minimum atomic E-state index is -4.75. The van der Waals surface area contributed by atoms with Crippen LogP contribution in [0.3, 0.4) is 0 Å². The molecule has 0 bridgehead atoms. The molecule has 0 saturated heterocycles. The fourth-order valence-electron chi connectivity index (χ4n) is 1.68. The second-order valence-electron chi connectivity index (χ2n) is 4.30. The smallest absolute Gasteiger partial charge is 0.306 e. The minimum Gasteiger partial charge on any atom is -0.306 e. The lowest BCUT2D eigenvalue weighted by Gasteiger charge is -2.09. The Labute approximate surface area is 132 Å². The van der Waals surface area contributed by atoms with Crippen LogP contribution in [0.2, 0.25) is 5.02 Å². The van der Waals surface area contributed by atoms with Gasteiger partial charge in [0.15, 0.2) is 0 Å². The Morgan fingerprint density at radius 1 is 1.26 bits per heavy atom. The number of carbonyl (C=O) groups excluding carboxylic acids is 1. The van der Waals surface area contributed by atoms with Crippen molar-refractivity contribution in [3.05, 3.63) is 62.8 Å². The average Bonchev–Trinajstić information content (AvgIpc) is 2.48. The number of halogens is 4. The fraction of sp³-hybridized carbons (Fsp3) is 0.0769. The summed E-state index contributed by atoms with van der Waals surface area (Å²) in [5.41, 5.74) is -2.68. The second-order valence-corrected chi connectivity index (χ2v) is 4.74. The Kier molecular flexibility index (Phi) is 4.50. The summed E-state index contributed by atoms with van der Waals surface area (Å²) >= 11 is 5.62. The predicted molar refractivity (Wildman–Crippen MR) is 75.3 cm³/mol. The summed E-state index contributed by atoms with van der Waals surface area (Å²) in [4.78, 5) is 25.6. The molecule has 6 nitrogen and oxygen atoms in total. The van der Waals surface area contributed by atoms with Gasteiger partial charge in [0.05, 0.1) is 15.5 Å². The molecule has 0 aliphatic heterocycles. The molecule has 1 heterocycles. The van der Waals surface area contributed by atoms with Crippen molar-refractivity contribution in [2.75, 3.05) is 5.32 Å². The van der Waals surface area contributed by atoms with Gasteiger partial charge in [0.25, 0.3) is 11.6 Å². The van der Waals surface area contributed by atoms with Crippen molar-refractivity contribution in [1.29, 1.82) is 0 Å². The molecular weight excluding hydrogens is 339 g/mol. The molecule has 0 fully saturated rings. The molecule has 1 amide bonds. The van der Waals surface area contributed by atoms with Gasteiger partial charge in [-0.15, -0.1) is 0 Å². The number of anilines is 1. The number of aromatic nitrogens is 1. The van der Waals surface area contributed by atoms with Gasteiger partial charge < -0.3 is 5.32 Å². The van der Waals surface area contributed by atoms with Gasteiger partial charge in [-0.25, -0.2) is 4.98 Å². The summed E-state index contributed by atoms with van der Waals surface area (Å²) in [5, 5.41) is 13.5. The van der Waals surface area contributed by atoms with E-state index in [1.165, 1.54) is 18.3 Å². The van der Waals surface area contributed by atoms with E-state index in [0.717, 1.165) is 6.07 Å². The Balaban J connectivity index is 2.36. The Morgan fingerprint density at radius 3 is 2.48 bits per heavy atom. The van der Waals surface area contributed by atoms with Gasteiger partial charge >= 0.3 is 6.18 Å². The fourth-order valence-corrected chi connectivity index (χ4v) is 1.80. The van der Waals surface area contributed by atoms with Gasteiger partial charge in [0, 0.05) is 12.3 Å². The Bertz CT molecular complexity index is 763. The maximum atomic E-state index is 12.6. The van der Waals surface area contributed by atoms with Crippen LogP contribution in [0.1, 0.15) is 15.9 Å². The lowest BCUT2D eigenvalue weighted by Crippen LogP contribution is -2.16. The molecule has 0 aliphatic carbocycles. The van der Waals surface area contributed by atoms with Crippen LogP contribution in [0, 0.1) is 10.1 Å². The molecular formula is C13H7ClF3N3O3. The van der Waals surface area contributed by atoms with E-state index >= 15 is 0 Å². The van der Waals surface area contributed by atoms with Crippen molar-refractivity contribution < 1.29 is 22.9 Å². The molecule has 0 aliphatic rings. The summed E-state index contributed by atoms with van der Waals surface area (Å²) in [6.07, 6.45) is -3.52. The molecule has 10 heteroatoms. The van der Waals surface area contributed by atoms with Gasteiger partial charge in [-0.1, -0.05) is 11.6 Å². The van der Waals surface area contributed by atoms with Crippen LogP contribution in [0.25, 0.3) is 0 Å². The maximum Gasteiger partial charge on any atom is 0.416 e. The first-order valence-electron chi connectivity index (χ1n) is 5.97. The van der Waals surface area contributed by atoms with Crippen LogP contribution in [0.5, 0.6) is 0 Å². The number of benzene rings is 1. The first-order valence-corrected chi connectivity index (χ1v) is 6.35. The zero-order valence-electron chi connectivity index (χ0n) is 11.1.